The number of fused-ring (bicyclic) bond motifs is 6. The fraction of sp³-hybridized carbons (Fsp3) is 0.200. The van der Waals surface area contributed by atoms with E-state index >= 15 is 0 Å². The van der Waals surface area contributed by atoms with Gasteiger partial charge in [-0.3, -0.25) is 0 Å². The van der Waals surface area contributed by atoms with Crippen molar-refractivity contribution in [3.63, 3.8) is 0 Å². The molecule has 0 spiro atoms. The van der Waals surface area contributed by atoms with Gasteiger partial charge in [-0.05, 0) is 12.1 Å². The van der Waals surface area contributed by atoms with Crippen molar-refractivity contribution >= 4 is 11.5 Å². The minimum atomic E-state index is 0.107. The van der Waals surface area contributed by atoms with Gasteiger partial charge >= 0.3 is 0 Å². The van der Waals surface area contributed by atoms with Gasteiger partial charge in [-0.15, -0.1) is 15.3 Å². The highest BCUT2D eigenvalue weighted by Crippen LogP contribution is 2.42. The smallest absolute Gasteiger partial charge is 0.259 e. The molecule has 1 aromatic carbocycles. The molecule has 0 N–H and O–H groups in total. The van der Waals surface area contributed by atoms with E-state index in [1.165, 1.54) is 10.9 Å². The summed E-state index contributed by atoms with van der Waals surface area (Å²) in [6.45, 7) is 0.451. The minimum absolute atomic E-state index is 0.107. The Balaban J connectivity index is 1.71. The molecule has 3 aromatic rings. The van der Waals surface area contributed by atoms with Crippen molar-refractivity contribution in [2.45, 2.75) is 6.61 Å². The van der Waals surface area contributed by atoms with Crippen LogP contribution < -0.4 is 4.90 Å². The average Bonchev–Trinajstić information content (AvgIpc) is 3.32. The summed E-state index contributed by atoms with van der Waals surface area (Å²) < 4.78 is 22.3. The van der Waals surface area contributed by atoms with Crippen LogP contribution in [0.4, 0.5) is 10.2 Å². The van der Waals surface area contributed by atoms with Crippen molar-refractivity contribution in [3.05, 3.63) is 42.4 Å². The van der Waals surface area contributed by atoms with Crippen LogP contribution in [0.2, 0.25) is 0 Å². The maximum absolute atomic E-state index is 14.0. The van der Waals surface area contributed by atoms with Crippen molar-refractivity contribution in [3.8, 4) is 17.3 Å². The number of ether oxygens (including phenoxy) is 1. The van der Waals surface area contributed by atoms with E-state index in [9.17, 15) is 4.48 Å². The Morgan fingerprint density at radius 3 is 2.96 bits per heavy atom. The van der Waals surface area contributed by atoms with Crippen LogP contribution in [0.15, 0.2) is 36.7 Å². The van der Waals surface area contributed by atoms with Gasteiger partial charge in [0.1, 0.15) is 18.2 Å². The summed E-state index contributed by atoms with van der Waals surface area (Å²) in [5.41, 5.74) is 2.44. The molecule has 0 aliphatic carbocycles. The Bertz CT molecular complexity index is 993. The van der Waals surface area contributed by atoms with Crippen LogP contribution in [0.1, 0.15) is 5.69 Å². The second-order valence-electron chi connectivity index (χ2n) is 5.72. The lowest BCUT2D eigenvalue weighted by Gasteiger charge is -2.29. The van der Waals surface area contributed by atoms with Crippen molar-refractivity contribution in [2.75, 3.05) is 18.7 Å². The van der Waals surface area contributed by atoms with E-state index in [4.69, 9.17) is 4.74 Å². The zero-order valence-electron chi connectivity index (χ0n) is 13.2. The summed E-state index contributed by atoms with van der Waals surface area (Å²) >= 11 is 0. The van der Waals surface area contributed by atoms with E-state index in [1.807, 2.05) is 29.2 Å². The van der Waals surface area contributed by atoms with Gasteiger partial charge in [0.15, 0.2) is 5.82 Å². The van der Waals surface area contributed by atoms with Crippen LogP contribution in [-0.4, -0.2) is 48.7 Å². The third-order valence-electron chi connectivity index (χ3n) is 4.16. The fourth-order valence-corrected chi connectivity index (χ4v) is 3.14. The fourth-order valence-electron chi connectivity index (χ4n) is 3.14. The second-order valence-corrected chi connectivity index (χ2v) is 5.72. The molecule has 0 bridgehead atoms. The van der Waals surface area contributed by atoms with Crippen LogP contribution in [0.5, 0.6) is 0 Å². The summed E-state index contributed by atoms with van der Waals surface area (Å²) in [5.74, 6) is 1.69. The molecule has 2 aromatic heterocycles. The number of rotatable bonds is 3. The predicted octanol–water partition coefficient (Wildman–Crippen LogP) is 1.41. The lowest BCUT2D eigenvalue weighted by atomic mass is 10.1. The van der Waals surface area contributed by atoms with Crippen LogP contribution >= 0.6 is 0 Å². The van der Waals surface area contributed by atoms with Gasteiger partial charge in [0.2, 0.25) is 0 Å². The number of anilines is 1. The third-order valence-corrected chi connectivity index (χ3v) is 4.16. The molecule has 4 heterocycles. The lowest BCUT2D eigenvalue weighted by Crippen LogP contribution is -2.29. The molecule has 0 radical (unpaired) electrons. The second kappa shape index (κ2) is 5.11. The maximum Gasteiger partial charge on any atom is 0.259 e. The summed E-state index contributed by atoms with van der Waals surface area (Å²) in [5, 5.41) is 17.3. The Morgan fingerprint density at radius 2 is 2.08 bits per heavy atom. The zero-order valence-corrected chi connectivity index (χ0v) is 13.2. The van der Waals surface area contributed by atoms with Gasteiger partial charge < -0.3 is 9.64 Å². The van der Waals surface area contributed by atoms with Gasteiger partial charge in [-0.1, -0.05) is 21.8 Å². The molecule has 0 unspecified atom stereocenters. The highest BCUT2D eigenvalue weighted by molar-refractivity contribution is 5.89. The number of aromatic nitrogens is 6. The Kier molecular flexibility index (Phi) is 2.88. The average molecular weight is 340 g/mol. The first kappa shape index (κ1) is 14.1. The third kappa shape index (κ3) is 1.97. The topological polar surface area (TPSA) is 77.1 Å². The van der Waals surface area contributed by atoms with Crippen molar-refractivity contribution in [1.82, 2.24) is 34.9 Å². The molecule has 0 saturated heterocycles. The van der Waals surface area contributed by atoms with Crippen molar-refractivity contribution in [2.24, 2.45) is 0 Å². The molecule has 9 nitrogen and oxygen atoms in total. The molecule has 0 fully saturated rings. The molecule has 0 amide bonds. The number of hydrogen-bond donors (Lipinski definition) is 0. The van der Waals surface area contributed by atoms with Crippen molar-refractivity contribution < 1.29 is 9.22 Å². The standard InChI is InChI=1S/C15H13FN8O/c1-25-8-10-6-23(20-17-10)15-19-18-14-11-4-2-3-5-12(11)22-9-21(16)7-13(22)24(14)15/h2-7H,8-9H2,1H3. The predicted molar refractivity (Wildman–Crippen MR) is 85.7 cm³/mol. The number of para-hydroxylation sites is 1. The molecule has 2 aliphatic heterocycles. The van der Waals surface area contributed by atoms with Crippen LogP contribution in [0.25, 0.3) is 23.2 Å². The number of hydrogen-bond acceptors (Lipinski definition) is 7. The van der Waals surface area contributed by atoms with E-state index in [0.29, 0.717) is 35.0 Å². The maximum atomic E-state index is 14.0. The van der Waals surface area contributed by atoms with E-state index in [0.717, 1.165) is 11.3 Å². The molecule has 25 heavy (non-hydrogen) atoms. The lowest BCUT2D eigenvalue weighted by molar-refractivity contribution is 0.104. The first-order valence-corrected chi connectivity index (χ1v) is 7.64. The van der Waals surface area contributed by atoms with Crippen LogP contribution in [0, 0.1) is 0 Å². The minimum Gasteiger partial charge on any atom is -0.378 e. The van der Waals surface area contributed by atoms with Gasteiger partial charge in [-0.25, -0.2) is 4.57 Å². The van der Waals surface area contributed by atoms with E-state index in [2.05, 4.69) is 20.5 Å². The van der Waals surface area contributed by atoms with E-state index < -0.39 is 0 Å². The summed E-state index contributed by atoms with van der Waals surface area (Å²) in [4.78, 5) is 1.86. The Morgan fingerprint density at radius 1 is 1.20 bits per heavy atom. The molecular formula is C15H13FN8O. The van der Waals surface area contributed by atoms with Crippen LogP contribution in [-0.2, 0) is 11.3 Å². The van der Waals surface area contributed by atoms with E-state index in [1.54, 1.807) is 17.9 Å². The highest BCUT2D eigenvalue weighted by atomic mass is 19.2. The summed E-state index contributed by atoms with van der Waals surface area (Å²) in [6, 6.07) is 7.71. The quantitative estimate of drug-likeness (QED) is 0.667. The molecule has 0 saturated carbocycles. The van der Waals surface area contributed by atoms with Gasteiger partial charge in [-0.2, -0.15) is 9.80 Å². The van der Waals surface area contributed by atoms with Crippen molar-refractivity contribution in [1.29, 1.82) is 0 Å². The largest absolute Gasteiger partial charge is 0.378 e. The Hall–Kier alpha value is -3.27. The number of halogens is 1. The molecule has 5 rings (SSSR count). The van der Waals surface area contributed by atoms with Crippen LogP contribution in [0.3, 0.4) is 0 Å². The SMILES string of the molecule is COCc1cn(-c2nnc3n2C2=CN(F)CN2c2ccccc2-3)nn1. The molecular weight excluding hydrogens is 327 g/mol. The van der Waals surface area contributed by atoms with Gasteiger partial charge in [0.25, 0.3) is 5.95 Å². The number of methoxy groups -OCH3 is 1. The van der Waals surface area contributed by atoms with Gasteiger partial charge in [0, 0.05) is 12.7 Å². The summed E-state index contributed by atoms with van der Waals surface area (Å²) in [7, 11) is 1.59. The number of nitrogens with zero attached hydrogens (tertiary/aromatic N) is 8. The highest BCUT2D eigenvalue weighted by Gasteiger charge is 2.35. The molecule has 0 atom stereocenters. The molecule has 126 valence electrons. The van der Waals surface area contributed by atoms with E-state index in [-0.39, 0.29) is 6.67 Å². The first-order chi connectivity index (χ1) is 12.3. The summed E-state index contributed by atoms with van der Waals surface area (Å²) in [6.07, 6.45) is 3.13. The monoisotopic (exact) mass is 340 g/mol. The van der Waals surface area contributed by atoms with Gasteiger partial charge in [0.05, 0.1) is 24.7 Å². The molecule has 2 aliphatic rings. The normalized spacial score (nSPS) is 15.0. The molecule has 10 heteroatoms. The number of benzene rings is 1. The zero-order chi connectivity index (χ0) is 17.0. The first-order valence-electron chi connectivity index (χ1n) is 7.64. The Labute approximate surface area is 141 Å².